The molecule has 3 atom stereocenters. The van der Waals surface area contributed by atoms with Crippen molar-refractivity contribution in [2.75, 3.05) is 0 Å². The summed E-state index contributed by atoms with van der Waals surface area (Å²) in [5, 5.41) is 10.1. The summed E-state index contributed by atoms with van der Waals surface area (Å²) in [7, 11) is 0. The van der Waals surface area contributed by atoms with Crippen molar-refractivity contribution in [1.82, 2.24) is 0 Å². The molecule has 1 nitrogen and oxygen atoms in total. The van der Waals surface area contributed by atoms with Crippen LogP contribution in [0.25, 0.3) is 0 Å². The molecule has 0 aromatic heterocycles. The van der Waals surface area contributed by atoms with E-state index in [4.69, 9.17) is 0 Å². The molecular weight excluding hydrogens is 148 g/mol. The predicted molar refractivity (Wildman–Crippen MR) is 47.8 cm³/mol. The van der Waals surface area contributed by atoms with Crippen molar-refractivity contribution >= 4 is 0 Å². The van der Waals surface area contributed by atoms with Gasteiger partial charge in [0.1, 0.15) is 0 Å². The van der Waals surface area contributed by atoms with Crippen LogP contribution in [-0.2, 0) is 0 Å². The van der Waals surface area contributed by atoms with E-state index in [-0.39, 0.29) is 6.10 Å². The van der Waals surface area contributed by atoms with Gasteiger partial charge in [-0.2, -0.15) is 0 Å². The summed E-state index contributed by atoms with van der Waals surface area (Å²) in [6, 6.07) is 0. The second-order valence-electron chi connectivity index (χ2n) is 5.20. The van der Waals surface area contributed by atoms with Crippen molar-refractivity contribution in [3.05, 3.63) is 0 Å². The highest BCUT2D eigenvalue weighted by Gasteiger charge is 2.65. The lowest BCUT2D eigenvalue weighted by Crippen LogP contribution is -2.56. The minimum absolute atomic E-state index is 0.0579. The largest absolute Gasteiger partial charge is 0.393 e. The van der Waals surface area contributed by atoms with Gasteiger partial charge in [0.05, 0.1) is 6.10 Å². The summed E-state index contributed by atoms with van der Waals surface area (Å²) >= 11 is 0. The van der Waals surface area contributed by atoms with E-state index in [1.54, 1.807) is 0 Å². The molecule has 3 fully saturated rings. The average molecular weight is 166 g/mol. The summed E-state index contributed by atoms with van der Waals surface area (Å²) in [6.07, 6.45) is 10.7. The number of rotatable bonds is 0. The number of aliphatic hydroxyl groups is 1. The second kappa shape index (κ2) is 2.06. The molecule has 0 radical (unpaired) electrons. The van der Waals surface area contributed by atoms with E-state index < -0.39 is 0 Å². The molecule has 0 unspecified atom stereocenters. The van der Waals surface area contributed by atoms with Gasteiger partial charge in [0.2, 0.25) is 0 Å². The lowest BCUT2D eigenvalue weighted by atomic mass is 9.44. The minimum Gasteiger partial charge on any atom is -0.393 e. The lowest BCUT2D eigenvalue weighted by molar-refractivity contribution is -0.167. The van der Waals surface area contributed by atoms with E-state index in [2.05, 4.69) is 0 Å². The fraction of sp³-hybridized carbons (Fsp3) is 1.00. The Labute approximate surface area is 74.2 Å². The molecule has 1 N–H and O–H groups in total. The standard InChI is InChI=1S/C11H18O/c12-9-3-1-4-10-5-2-6-11(9,10)8-7-10/h9,12H,1-8H2/t9-,10+,11+/m1/s1. The first-order valence-corrected chi connectivity index (χ1v) is 5.47. The highest BCUT2D eigenvalue weighted by atomic mass is 16.3. The van der Waals surface area contributed by atoms with Crippen molar-refractivity contribution in [3.8, 4) is 0 Å². The van der Waals surface area contributed by atoms with E-state index in [1.165, 1.54) is 44.9 Å². The summed E-state index contributed by atoms with van der Waals surface area (Å²) in [4.78, 5) is 0. The molecule has 0 saturated heterocycles. The smallest absolute Gasteiger partial charge is 0.0601 e. The SMILES string of the molecule is O[C@@H]1CCC[C@@]23CCC[C@]12CC3. The third-order valence-corrected chi connectivity index (χ3v) is 5.15. The van der Waals surface area contributed by atoms with Gasteiger partial charge in [-0.3, -0.25) is 0 Å². The predicted octanol–water partition coefficient (Wildman–Crippen LogP) is 2.48. The molecule has 0 bridgehead atoms. The first-order chi connectivity index (χ1) is 5.79. The van der Waals surface area contributed by atoms with Gasteiger partial charge >= 0.3 is 0 Å². The molecule has 12 heavy (non-hydrogen) atoms. The topological polar surface area (TPSA) is 20.2 Å². The molecular formula is C11H18O. The molecule has 0 amide bonds. The first-order valence-electron chi connectivity index (χ1n) is 5.47. The molecule has 3 aliphatic rings. The molecule has 0 aliphatic heterocycles. The Balaban J connectivity index is 1.99. The Hall–Kier alpha value is -0.0400. The molecule has 3 saturated carbocycles. The normalized spacial score (nSPS) is 57.2. The van der Waals surface area contributed by atoms with Crippen LogP contribution in [0.4, 0.5) is 0 Å². The lowest BCUT2D eigenvalue weighted by Gasteiger charge is -2.61. The maximum Gasteiger partial charge on any atom is 0.0601 e. The Bertz CT molecular complexity index is 213. The third-order valence-electron chi connectivity index (χ3n) is 5.15. The Morgan fingerprint density at radius 1 is 0.917 bits per heavy atom. The van der Waals surface area contributed by atoms with E-state index >= 15 is 0 Å². The zero-order valence-electron chi connectivity index (χ0n) is 7.68. The first kappa shape index (κ1) is 7.37. The van der Waals surface area contributed by atoms with Crippen LogP contribution < -0.4 is 0 Å². The average Bonchev–Trinajstić information content (AvgIpc) is 2.31. The van der Waals surface area contributed by atoms with Crippen LogP contribution >= 0.6 is 0 Å². The van der Waals surface area contributed by atoms with Crippen LogP contribution in [0.15, 0.2) is 0 Å². The van der Waals surface area contributed by atoms with Crippen molar-refractivity contribution in [1.29, 1.82) is 0 Å². The molecule has 1 heteroatoms. The summed E-state index contributed by atoms with van der Waals surface area (Å²) < 4.78 is 0. The second-order valence-corrected chi connectivity index (χ2v) is 5.20. The fourth-order valence-electron chi connectivity index (χ4n) is 4.40. The molecule has 0 spiro atoms. The zero-order valence-corrected chi connectivity index (χ0v) is 7.68. The Morgan fingerprint density at radius 2 is 1.75 bits per heavy atom. The molecule has 3 rings (SSSR count). The molecule has 0 aromatic rings. The minimum atomic E-state index is 0.0579. The zero-order chi connectivity index (χ0) is 8.23. The molecule has 0 heterocycles. The van der Waals surface area contributed by atoms with Crippen LogP contribution in [0, 0.1) is 10.8 Å². The maximum absolute atomic E-state index is 10.1. The molecule has 0 aromatic carbocycles. The van der Waals surface area contributed by atoms with Gasteiger partial charge in [-0.05, 0) is 43.9 Å². The van der Waals surface area contributed by atoms with Gasteiger partial charge < -0.3 is 5.11 Å². The Kier molecular flexibility index (Phi) is 1.27. The number of hydrogen-bond donors (Lipinski definition) is 1. The number of aliphatic hydroxyl groups excluding tert-OH is 1. The van der Waals surface area contributed by atoms with Gasteiger partial charge in [0.15, 0.2) is 0 Å². The quantitative estimate of drug-likeness (QED) is 0.586. The van der Waals surface area contributed by atoms with Gasteiger partial charge in [0.25, 0.3) is 0 Å². The van der Waals surface area contributed by atoms with Crippen molar-refractivity contribution in [2.24, 2.45) is 10.8 Å². The van der Waals surface area contributed by atoms with Crippen LogP contribution in [0.1, 0.15) is 51.4 Å². The highest BCUT2D eigenvalue weighted by Crippen LogP contribution is 2.72. The van der Waals surface area contributed by atoms with Gasteiger partial charge in [-0.15, -0.1) is 0 Å². The van der Waals surface area contributed by atoms with Crippen molar-refractivity contribution in [2.45, 2.75) is 57.5 Å². The van der Waals surface area contributed by atoms with Gasteiger partial charge in [-0.1, -0.05) is 12.8 Å². The van der Waals surface area contributed by atoms with Crippen LogP contribution in [0.3, 0.4) is 0 Å². The van der Waals surface area contributed by atoms with E-state index in [0.29, 0.717) is 10.8 Å². The molecule has 3 aliphatic carbocycles. The van der Waals surface area contributed by atoms with E-state index in [1.807, 2.05) is 0 Å². The summed E-state index contributed by atoms with van der Waals surface area (Å²) in [5.41, 5.74) is 1.05. The van der Waals surface area contributed by atoms with Gasteiger partial charge in [0, 0.05) is 5.41 Å². The fourth-order valence-corrected chi connectivity index (χ4v) is 4.40. The van der Waals surface area contributed by atoms with Crippen LogP contribution in [-0.4, -0.2) is 11.2 Å². The van der Waals surface area contributed by atoms with Crippen LogP contribution in [0.5, 0.6) is 0 Å². The van der Waals surface area contributed by atoms with Crippen LogP contribution in [0.2, 0.25) is 0 Å². The monoisotopic (exact) mass is 166 g/mol. The van der Waals surface area contributed by atoms with Crippen molar-refractivity contribution < 1.29 is 5.11 Å². The summed E-state index contributed by atoms with van der Waals surface area (Å²) in [5.74, 6) is 0. The van der Waals surface area contributed by atoms with Crippen molar-refractivity contribution in [3.63, 3.8) is 0 Å². The third kappa shape index (κ3) is 0.585. The summed E-state index contributed by atoms with van der Waals surface area (Å²) in [6.45, 7) is 0. The van der Waals surface area contributed by atoms with Gasteiger partial charge in [-0.25, -0.2) is 0 Å². The van der Waals surface area contributed by atoms with E-state index in [9.17, 15) is 5.11 Å². The maximum atomic E-state index is 10.1. The molecule has 68 valence electrons. The number of hydrogen-bond acceptors (Lipinski definition) is 1. The highest BCUT2D eigenvalue weighted by molar-refractivity contribution is 5.15. The van der Waals surface area contributed by atoms with E-state index in [0.717, 1.165) is 6.42 Å². The Morgan fingerprint density at radius 3 is 2.42 bits per heavy atom.